The van der Waals surface area contributed by atoms with Gasteiger partial charge in [-0.2, -0.15) is 0 Å². The number of esters is 3. The SMILES string of the molecule is CC/C=C\C/C=C\C/C=C\C/C=C\C/C=C\CCCC(=O)OC(COC(=O)CCCCCCC/C=C\CCCC)COC(=O)CCCCCCCCCCCCCCCCCCCCCCCCCCCC. The van der Waals surface area contributed by atoms with E-state index in [2.05, 4.69) is 93.7 Å². The van der Waals surface area contributed by atoms with Gasteiger partial charge in [0.1, 0.15) is 13.2 Å². The molecule has 416 valence electrons. The van der Waals surface area contributed by atoms with Crippen molar-refractivity contribution in [3.05, 3.63) is 72.9 Å². The van der Waals surface area contributed by atoms with Crippen LogP contribution in [0.2, 0.25) is 0 Å². The number of carbonyl (C=O) groups excluding carboxylic acids is 3. The normalized spacial score (nSPS) is 12.5. The highest BCUT2D eigenvalue weighted by molar-refractivity contribution is 5.71. The van der Waals surface area contributed by atoms with Crippen molar-refractivity contribution in [3.63, 3.8) is 0 Å². The van der Waals surface area contributed by atoms with Gasteiger partial charge >= 0.3 is 17.9 Å². The number of hydrogen-bond donors (Lipinski definition) is 0. The molecule has 0 fully saturated rings. The van der Waals surface area contributed by atoms with E-state index in [0.717, 1.165) is 89.9 Å². The maximum Gasteiger partial charge on any atom is 0.306 e. The molecule has 0 aromatic carbocycles. The first kappa shape index (κ1) is 68.8. The van der Waals surface area contributed by atoms with Crippen molar-refractivity contribution in [2.24, 2.45) is 0 Å². The lowest BCUT2D eigenvalue weighted by molar-refractivity contribution is -0.167. The van der Waals surface area contributed by atoms with Gasteiger partial charge in [-0.3, -0.25) is 14.4 Å². The predicted octanol–water partition coefficient (Wildman–Crippen LogP) is 20.9. The van der Waals surface area contributed by atoms with E-state index in [4.69, 9.17) is 14.2 Å². The second kappa shape index (κ2) is 60.4. The molecule has 6 nitrogen and oxygen atoms in total. The van der Waals surface area contributed by atoms with Crippen LogP contribution < -0.4 is 0 Å². The minimum atomic E-state index is -0.807. The van der Waals surface area contributed by atoms with Gasteiger partial charge in [0, 0.05) is 19.3 Å². The Hall–Kier alpha value is -3.15. The number of rotatable bonds is 56. The minimum absolute atomic E-state index is 0.0982. The topological polar surface area (TPSA) is 78.9 Å². The van der Waals surface area contributed by atoms with Gasteiger partial charge in [0.25, 0.3) is 0 Å². The predicted molar refractivity (Wildman–Crippen MR) is 311 cm³/mol. The Labute approximate surface area is 446 Å². The van der Waals surface area contributed by atoms with Crippen LogP contribution in [0.5, 0.6) is 0 Å². The lowest BCUT2D eigenvalue weighted by Gasteiger charge is -2.18. The second-order valence-electron chi connectivity index (χ2n) is 20.6. The quantitative estimate of drug-likeness (QED) is 0.0261. The Balaban J connectivity index is 4.26. The highest BCUT2D eigenvalue weighted by Crippen LogP contribution is 2.17. The Morgan fingerprint density at radius 2 is 0.569 bits per heavy atom. The summed E-state index contributed by atoms with van der Waals surface area (Å²) in [5, 5.41) is 0. The summed E-state index contributed by atoms with van der Waals surface area (Å²) in [6, 6.07) is 0. The zero-order valence-corrected chi connectivity index (χ0v) is 47.7. The molecule has 0 heterocycles. The fourth-order valence-electron chi connectivity index (χ4n) is 8.81. The molecule has 0 saturated carbocycles. The Morgan fingerprint density at radius 1 is 0.292 bits per heavy atom. The molecular weight excluding hydrogens is 889 g/mol. The van der Waals surface area contributed by atoms with Crippen molar-refractivity contribution in [2.75, 3.05) is 13.2 Å². The minimum Gasteiger partial charge on any atom is -0.462 e. The molecule has 0 aliphatic heterocycles. The second-order valence-corrected chi connectivity index (χ2v) is 20.6. The molecule has 0 rings (SSSR count). The molecule has 6 heteroatoms. The third-order valence-electron chi connectivity index (χ3n) is 13.4. The van der Waals surface area contributed by atoms with Gasteiger partial charge < -0.3 is 14.2 Å². The Morgan fingerprint density at radius 3 is 0.944 bits per heavy atom. The molecule has 0 aromatic heterocycles. The molecule has 1 atom stereocenters. The molecule has 0 radical (unpaired) electrons. The van der Waals surface area contributed by atoms with Crippen molar-refractivity contribution in [1.82, 2.24) is 0 Å². The van der Waals surface area contributed by atoms with Crippen molar-refractivity contribution in [2.45, 2.75) is 316 Å². The summed E-state index contributed by atoms with van der Waals surface area (Å²) in [6.45, 7) is 6.47. The van der Waals surface area contributed by atoms with Gasteiger partial charge in [-0.15, -0.1) is 0 Å². The maximum absolute atomic E-state index is 12.8. The molecule has 0 aliphatic rings. The van der Waals surface area contributed by atoms with E-state index < -0.39 is 6.10 Å². The summed E-state index contributed by atoms with van der Waals surface area (Å²) >= 11 is 0. The van der Waals surface area contributed by atoms with E-state index in [1.807, 2.05) is 0 Å². The molecule has 0 N–H and O–H groups in total. The van der Waals surface area contributed by atoms with Gasteiger partial charge in [-0.05, 0) is 77.0 Å². The highest BCUT2D eigenvalue weighted by Gasteiger charge is 2.19. The third kappa shape index (κ3) is 57.7. The van der Waals surface area contributed by atoms with Crippen LogP contribution in [0.15, 0.2) is 72.9 Å². The fourth-order valence-corrected chi connectivity index (χ4v) is 8.81. The zero-order chi connectivity index (χ0) is 52.2. The zero-order valence-electron chi connectivity index (χ0n) is 47.7. The molecular formula is C66H116O6. The van der Waals surface area contributed by atoms with E-state index in [1.165, 1.54) is 173 Å². The fraction of sp³-hybridized carbons (Fsp3) is 0.773. The van der Waals surface area contributed by atoms with Gasteiger partial charge in [0.2, 0.25) is 0 Å². The Kier molecular flexibility index (Phi) is 57.8. The number of hydrogen-bond acceptors (Lipinski definition) is 6. The summed E-state index contributed by atoms with van der Waals surface area (Å²) in [6.07, 6.45) is 77.9. The summed E-state index contributed by atoms with van der Waals surface area (Å²) in [5.41, 5.74) is 0. The van der Waals surface area contributed by atoms with Crippen molar-refractivity contribution < 1.29 is 28.6 Å². The standard InChI is InChI=1S/C66H116O6/c1-4-7-10-13-16-19-22-24-26-28-29-30-31-32-33-34-35-36-38-39-41-44-47-50-53-56-59-65(68)71-62-63(61-70-64(67)58-55-52-49-46-43-21-18-15-12-9-6-3)72-66(69)60-57-54-51-48-45-42-40-37-27-25-23-20-17-14-11-8-5-2/h8,11,15,17-18,20,25,27,40,42,48,51,63H,4-7,9-10,12-14,16,19,21-24,26,28-39,41,43-47,49-50,52-62H2,1-3H3/b11-8-,18-15-,20-17-,27-25-,42-40-,51-48-. The highest BCUT2D eigenvalue weighted by atomic mass is 16.6. The van der Waals surface area contributed by atoms with Crippen LogP contribution in [0.25, 0.3) is 0 Å². The van der Waals surface area contributed by atoms with Crippen LogP contribution in [-0.2, 0) is 28.6 Å². The van der Waals surface area contributed by atoms with Gasteiger partial charge in [0.15, 0.2) is 6.10 Å². The smallest absolute Gasteiger partial charge is 0.306 e. The van der Waals surface area contributed by atoms with Crippen molar-refractivity contribution in [3.8, 4) is 0 Å². The molecule has 0 amide bonds. The maximum atomic E-state index is 12.8. The van der Waals surface area contributed by atoms with E-state index in [0.29, 0.717) is 19.3 Å². The van der Waals surface area contributed by atoms with Gasteiger partial charge in [0.05, 0.1) is 0 Å². The molecule has 0 aliphatic carbocycles. The summed E-state index contributed by atoms with van der Waals surface area (Å²) in [5.74, 6) is -0.957. The van der Waals surface area contributed by atoms with Gasteiger partial charge in [-0.25, -0.2) is 0 Å². The van der Waals surface area contributed by atoms with Crippen LogP contribution in [0.4, 0.5) is 0 Å². The lowest BCUT2D eigenvalue weighted by atomic mass is 10.0. The first-order valence-electron chi connectivity index (χ1n) is 30.9. The van der Waals surface area contributed by atoms with Crippen LogP contribution in [0, 0.1) is 0 Å². The number of allylic oxidation sites excluding steroid dienone is 12. The number of unbranched alkanes of at least 4 members (excludes halogenated alkanes) is 33. The Bertz CT molecular complexity index is 1340. The molecule has 0 aromatic rings. The summed E-state index contributed by atoms with van der Waals surface area (Å²) in [7, 11) is 0. The van der Waals surface area contributed by atoms with Crippen molar-refractivity contribution in [1.29, 1.82) is 0 Å². The molecule has 72 heavy (non-hydrogen) atoms. The first-order valence-corrected chi connectivity index (χ1v) is 30.9. The van der Waals surface area contributed by atoms with Crippen LogP contribution >= 0.6 is 0 Å². The van der Waals surface area contributed by atoms with Crippen LogP contribution in [0.1, 0.15) is 310 Å². The monoisotopic (exact) mass is 1000 g/mol. The number of ether oxygens (including phenoxy) is 3. The van der Waals surface area contributed by atoms with Crippen molar-refractivity contribution >= 4 is 17.9 Å². The van der Waals surface area contributed by atoms with Gasteiger partial charge in [-0.1, -0.05) is 286 Å². The molecule has 0 spiro atoms. The lowest BCUT2D eigenvalue weighted by Crippen LogP contribution is -2.30. The number of carbonyl (C=O) groups is 3. The first-order chi connectivity index (χ1) is 35.5. The van der Waals surface area contributed by atoms with Crippen LogP contribution in [-0.4, -0.2) is 37.2 Å². The third-order valence-corrected chi connectivity index (χ3v) is 13.4. The van der Waals surface area contributed by atoms with Crippen LogP contribution in [0.3, 0.4) is 0 Å². The average molecular weight is 1010 g/mol. The average Bonchev–Trinajstić information content (AvgIpc) is 3.38. The summed E-state index contributed by atoms with van der Waals surface area (Å²) < 4.78 is 16.8. The van der Waals surface area contributed by atoms with E-state index in [-0.39, 0.29) is 37.5 Å². The largest absolute Gasteiger partial charge is 0.462 e. The van der Waals surface area contributed by atoms with E-state index in [1.54, 1.807) is 0 Å². The van der Waals surface area contributed by atoms with E-state index >= 15 is 0 Å². The molecule has 0 bridgehead atoms. The molecule has 0 saturated heterocycles. The van der Waals surface area contributed by atoms with E-state index in [9.17, 15) is 14.4 Å². The molecule has 1 unspecified atom stereocenters. The summed E-state index contributed by atoms with van der Waals surface area (Å²) in [4.78, 5) is 38.1.